The van der Waals surface area contributed by atoms with E-state index in [4.69, 9.17) is 16.3 Å². The Balaban J connectivity index is 1.49. The second kappa shape index (κ2) is 10.3. The number of aromatic carboxylic acids is 1. The number of nitrogens with one attached hydrogen (secondary N) is 1. The van der Waals surface area contributed by atoms with Gasteiger partial charge in [0.05, 0.1) is 12.1 Å². The Morgan fingerprint density at radius 1 is 1.20 bits per heavy atom. The number of anilines is 1. The molecule has 1 aliphatic rings. The highest BCUT2D eigenvalue weighted by molar-refractivity contribution is 7.15. The number of carbonyl (C=O) groups is 3. The van der Waals surface area contributed by atoms with Gasteiger partial charge in [0, 0.05) is 23.8 Å². The molecule has 2 N–H and O–H groups in total. The number of carboxylic acid groups (broad SMARTS) is 1. The first-order valence-electron chi connectivity index (χ1n) is 10.9. The number of hydrogen-bond donors (Lipinski definition) is 2. The van der Waals surface area contributed by atoms with Gasteiger partial charge in [-0.3, -0.25) is 14.6 Å². The highest BCUT2D eigenvalue weighted by atomic mass is 35.5. The molecular weight excluding hydrogens is 492 g/mol. The molecule has 0 bridgehead atoms. The van der Waals surface area contributed by atoms with Crippen LogP contribution in [0.2, 0.25) is 5.02 Å². The highest BCUT2D eigenvalue weighted by Gasteiger charge is 2.38. The van der Waals surface area contributed by atoms with E-state index in [0.29, 0.717) is 35.2 Å². The van der Waals surface area contributed by atoms with Crippen LogP contribution in [0, 0.1) is 6.92 Å². The van der Waals surface area contributed by atoms with E-state index in [1.807, 2.05) is 12.1 Å². The van der Waals surface area contributed by atoms with Crippen molar-refractivity contribution in [3.8, 4) is 10.9 Å². The molecule has 1 aromatic heterocycles. The Kier molecular flexibility index (Phi) is 7.23. The molecule has 3 aromatic rings. The minimum absolute atomic E-state index is 0.127. The average molecular weight is 515 g/mol. The van der Waals surface area contributed by atoms with E-state index in [-0.39, 0.29) is 28.4 Å². The number of benzene rings is 2. The van der Waals surface area contributed by atoms with Crippen LogP contribution in [0.3, 0.4) is 0 Å². The summed E-state index contributed by atoms with van der Waals surface area (Å²) in [6.07, 6.45) is -0.415. The molecule has 0 saturated carbocycles. The van der Waals surface area contributed by atoms with E-state index < -0.39 is 12.1 Å². The maximum Gasteiger partial charge on any atom is 0.347 e. The first-order valence-corrected chi connectivity index (χ1v) is 12.0. The molecule has 1 saturated heterocycles. The third-order valence-corrected chi connectivity index (χ3v) is 6.74. The zero-order valence-corrected chi connectivity index (χ0v) is 20.6. The second-order valence-corrected chi connectivity index (χ2v) is 9.26. The highest BCUT2D eigenvalue weighted by Crippen LogP contribution is 2.30. The number of halogens is 1. The van der Waals surface area contributed by atoms with Crippen molar-refractivity contribution in [3.05, 3.63) is 69.7 Å². The van der Waals surface area contributed by atoms with Gasteiger partial charge < -0.3 is 15.2 Å². The third-order valence-electron chi connectivity index (χ3n) is 5.47. The predicted octanol–water partition coefficient (Wildman–Crippen LogP) is 5.21. The summed E-state index contributed by atoms with van der Waals surface area (Å²) in [6.45, 7) is 4.00. The van der Waals surface area contributed by atoms with Crippen molar-refractivity contribution >= 4 is 46.5 Å². The van der Waals surface area contributed by atoms with Crippen LogP contribution in [-0.2, 0) is 11.3 Å². The van der Waals surface area contributed by atoms with Gasteiger partial charge in [-0.25, -0.2) is 14.6 Å². The number of carbonyl (C=O) groups excluding carboxylic acids is 2. The standard InChI is InChI=1S/C24H23ClN4O5S/c1-3-28-20(30)12-19(29(24(28)33)13-15-4-6-16(25)7-5-15)27-17-8-10-18(11-9-17)34-23-26-14(2)21(35-23)22(31)32/h4-11,19,27H,3,12-13H2,1-2H3,(H,31,32). The Bertz CT molecular complexity index is 1250. The fourth-order valence-electron chi connectivity index (χ4n) is 3.71. The molecule has 0 radical (unpaired) electrons. The summed E-state index contributed by atoms with van der Waals surface area (Å²) in [6, 6.07) is 13.8. The van der Waals surface area contributed by atoms with Crippen LogP contribution in [0.15, 0.2) is 48.5 Å². The largest absolute Gasteiger partial charge is 0.477 e. The lowest BCUT2D eigenvalue weighted by Crippen LogP contribution is -2.58. The molecule has 1 fully saturated rings. The second-order valence-electron chi connectivity index (χ2n) is 7.87. The van der Waals surface area contributed by atoms with Gasteiger partial charge in [0.1, 0.15) is 16.8 Å². The van der Waals surface area contributed by atoms with Crippen molar-refractivity contribution in [1.82, 2.24) is 14.8 Å². The SMILES string of the molecule is CCN1C(=O)CC(Nc2ccc(Oc3nc(C)c(C(=O)O)s3)cc2)N(Cc2ccc(Cl)cc2)C1=O. The van der Waals surface area contributed by atoms with Gasteiger partial charge >= 0.3 is 12.0 Å². The first kappa shape index (κ1) is 24.5. The van der Waals surface area contributed by atoms with Crippen LogP contribution in [0.1, 0.15) is 34.3 Å². The van der Waals surface area contributed by atoms with Gasteiger partial charge in [-0.1, -0.05) is 35.1 Å². The van der Waals surface area contributed by atoms with Crippen LogP contribution >= 0.6 is 22.9 Å². The molecule has 35 heavy (non-hydrogen) atoms. The lowest BCUT2D eigenvalue weighted by atomic mass is 10.1. The molecule has 1 unspecified atom stereocenters. The van der Waals surface area contributed by atoms with Crippen LogP contribution in [0.5, 0.6) is 10.9 Å². The van der Waals surface area contributed by atoms with E-state index in [9.17, 15) is 19.5 Å². The maximum absolute atomic E-state index is 13.1. The number of aryl methyl sites for hydroxylation is 1. The molecule has 9 nitrogen and oxygen atoms in total. The molecule has 182 valence electrons. The number of imide groups is 1. The van der Waals surface area contributed by atoms with E-state index >= 15 is 0 Å². The Labute approximate surface area is 210 Å². The fourth-order valence-corrected chi connectivity index (χ4v) is 4.61. The molecule has 0 spiro atoms. The summed E-state index contributed by atoms with van der Waals surface area (Å²) < 4.78 is 5.69. The molecule has 1 atom stereocenters. The Morgan fingerprint density at radius 2 is 1.89 bits per heavy atom. The smallest absolute Gasteiger partial charge is 0.347 e. The fraction of sp³-hybridized carbons (Fsp3) is 0.250. The van der Waals surface area contributed by atoms with Gasteiger partial charge in [0.25, 0.3) is 5.19 Å². The number of amides is 3. The topological polar surface area (TPSA) is 112 Å². The maximum atomic E-state index is 13.1. The summed E-state index contributed by atoms with van der Waals surface area (Å²) in [5.74, 6) is -0.807. The lowest BCUT2D eigenvalue weighted by molar-refractivity contribution is -0.132. The van der Waals surface area contributed by atoms with Crippen molar-refractivity contribution in [3.63, 3.8) is 0 Å². The van der Waals surface area contributed by atoms with E-state index in [2.05, 4.69) is 10.3 Å². The minimum Gasteiger partial charge on any atom is -0.477 e. The minimum atomic E-state index is -1.05. The van der Waals surface area contributed by atoms with E-state index in [1.165, 1.54) is 4.90 Å². The molecule has 4 rings (SSSR count). The van der Waals surface area contributed by atoms with Crippen molar-refractivity contribution in [2.24, 2.45) is 0 Å². The van der Waals surface area contributed by atoms with Gasteiger partial charge in [-0.15, -0.1) is 0 Å². The Hall–Kier alpha value is -3.63. The monoisotopic (exact) mass is 514 g/mol. The molecule has 1 aliphatic heterocycles. The van der Waals surface area contributed by atoms with Crippen molar-refractivity contribution in [1.29, 1.82) is 0 Å². The predicted molar refractivity (Wildman–Crippen MR) is 132 cm³/mol. The molecular formula is C24H23ClN4O5S. The number of aromatic nitrogens is 1. The summed E-state index contributed by atoms with van der Waals surface area (Å²) in [7, 11) is 0. The molecule has 2 heterocycles. The molecule has 2 aromatic carbocycles. The molecule has 11 heteroatoms. The summed E-state index contributed by atoms with van der Waals surface area (Å²) in [4.78, 5) is 44.0. The van der Waals surface area contributed by atoms with E-state index in [1.54, 1.807) is 55.1 Å². The third kappa shape index (κ3) is 5.55. The summed E-state index contributed by atoms with van der Waals surface area (Å²) >= 11 is 6.94. The number of nitrogens with zero attached hydrogens (tertiary/aromatic N) is 3. The van der Waals surface area contributed by atoms with Crippen LogP contribution in [0.25, 0.3) is 0 Å². The lowest BCUT2D eigenvalue weighted by Gasteiger charge is -2.40. The van der Waals surface area contributed by atoms with Gasteiger partial charge in [0.2, 0.25) is 5.91 Å². The first-order chi connectivity index (χ1) is 16.7. The number of thiazole rings is 1. The average Bonchev–Trinajstić information content (AvgIpc) is 3.19. The van der Waals surface area contributed by atoms with Gasteiger partial charge in [0.15, 0.2) is 0 Å². The van der Waals surface area contributed by atoms with Crippen molar-refractivity contribution in [2.75, 3.05) is 11.9 Å². The number of hydrogen-bond acceptors (Lipinski definition) is 7. The van der Waals surface area contributed by atoms with Gasteiger partial charge in [-0.05, 0) is 55.8 Å². The Morgan fingerprint density at radius 3 is 2.49 bits per heavy atom. The number of urea groups is 1. The van der Waals surface area contributed by atoms with Crippen LogP contribution in [-0.4, -0.2) is 50.5 Å². The van der Waals surface area contributed by atoms with Crippen molar-refractivity contribution < 1.29 is 24.2 Å². The van der Waals surface area contributed by atoms with Crippen LogP contribution in [0.4, 0.5) is 10.5 Å². The normalized spacial score (nSPS) is 15.9. The summed E-state index contributed by atoms with van der Waals surface area (Å²) in [5.41, 5.74) is 1.98. The van der Waals surface area contributed by atoms with E-state index in [0.717, 1.165) is 16.9 Å². The number of carboxylic acids is 1. The zero-order valence-electron chi connectivity index (χ0n) is 19.0. The van der Waals surface area contributed by atoms with Crippen LogP contribution < -0.4 is 10.1 Å². The van der Waals surface area contributed by atoms with Crippen molar-refractivity contribution in [2.45, 2.75) is 33.0 Å². The number of rotatable bonds is 8. The summed E-state index contributed by atoms with van der Waals surface area (Å²) in [5, 5.41) is 13.3. The van der Waals surface area contributed by atoms with Gasteiger partial charge in [-0.2, -0.15) is 0 Å². The molecule has 3 amide bonds. The quantitative estimate of drug-likeness (QED) is 0.424. The zero-order chi connectivity index (χ0) is 25.1. The molecule has 0 aliphatic carbocycles. The number of ether oxygens (including phenoxy) is 1.